The van der Waals surface area contributed by atoms with E-state index in [2.05, 4.69) is 4.98 Å². The minimum atomic E-state index is -3.37. The summed E-state index contributed by atoms with van der Waals surface area (Å²) in [6.45, 7) is 6.57. The van der Waals surface area contributed by atoms with Crippen LogP contribution in [0.5, 0.6) is 0 Å². The summed E-state index contributed by atoms with van der Waals surface area (Å²) >= 11 is 0. The maximum absolute atomic E-state index is 12.2. The number of aromatic nitrogens is 2. The highest BCUT2D eigenvalue weighted by Crippen LogP contribution is 2.30. The van der Waals surface area contributed by atoms with Crippen molar-refractivity contribution in [3.63, 3.8) is 0 Å². The minimum Gasteiger partial charge on any atom is -0.465 e. The van der Waals surface area contributed by atoms with Crippen LogP contribution in [-0.2, 0) is 32.6 Å². The number of sulfonamides is 1. The molecule has 1 aliphatic heterocycles. The lowest BCUT2D eigenvalue weighted by Crippen LogP contribution is -2.42. The van der Waals surface area contributed by atoms with E-state index in [1.807, 2.05) is 11.5 Å². The molecule has 0 N–H and O–H groups in total. The van der Waals surface area contributed by atoms with E-state index in [4.69, 9.17) is 4.74 Å². The van der Waals surface area contributed by atoms with Crippen molar-refractivity contribution in [2.45, 2.75) is 39.8 Å². The number of hydrogen-bond donors (Lipinski definition) is 0. The Morgan fingerprint density at radius 2 is 2.14 bits per heavy atom. The molecule has 0 amide bonds. The van der Waals surface area contributed by atoms with Gasteiger partial charge in [-0.1, -0.05) is 0 Å². The Morgan fingerprint density at radius 3 is 2.71 bits per heavy atom. The SMILES string of the molecule is CCOC(=O)C1CN(S(=O)(=O)CC)Cc2ncn(CC)c21. The third-order valence-corrected chi connectivity index (χ3v) is 5.47. The van der Waals surface area contributed by atoms with Crippen molar-refractivity contribution in [3.05, 3.63) is 17.7 Å². The lowest BCUT2D eigenvalue weighted by atomic mass is 10.00. The second-order valence-corrected chi connectivity index (χ2v) is 7.12. The number of esters is 1. The molecule has 0 spiro atoms. The Balaban J connectivity index is 2.43. The minimum absolute atomic E-state index is 0.00631. The van der Waals surface area contributed by atoms with Gasteiger partial charge in [0.15, 0.2) is 0 Å². The summed E-state index contributed by atoms with van der Waals surface area (Å²) in [4.78, 5) is 16.5. The molecule has 0 fully saturated rings. The van der Waals surface area contributed by atoms with Crippen molar-refractivity contribution in [2.24, 2.45) is 0 Å². The zero-order valence-corrected chi connectivity index (χ0v) is 13.4. The van der Waals surface area contributed by atoms with Crippen molar-refractivity contribution in [1.29, 1.82) is 0 Å². The molecule has 1 aromatic heterocycles. The lowest BCUT2D eigenvalue weighted by Gasteiger charge is -2.31. The lowest BCUT2D eigenvalue weighted by molar-refractivity contribution is -0.145. The fraction of sp³-hybridized carbons (Fsp3) is 0.692. The standard InChI is InChI=1S/C13H21N3O4S/c1-4-15-9-14-11-8-16(21(18,19)6-3)7-10(12(11)15)13(17)20-5-2/h9-10H,4-8H2,1-3H3. The van der Waals surface area contributed by atoms with Crippen molar-refractivity contribution >= 4 is 16.0 Å². The van der Waals surface area contributed by atoms with E-state index in [-0.39, 0.29) is 25.4 Å². The molecule has 8 heteroatoms. The number of aryl methyl sites for hydroxylation is 1. The van der Waals surface area contributed by atoms with Gasteiger partial charge in [0.25, 0.3) is 0 Å². The van der Waals surface area contributed by atoms with Crippen LogP contribution >= 0.6 is 0 Å². The Labute approximate surface area is 125 Å². The molecular weight excluding hydrogens is 294 g/mol. The first-order valence-electron chi connectivity index (χ1n) is 7.12. The molecule has 0 bridgehead atoms. The first-order valence-corrected chi connectivity index (χ1v) is 8.73. The van der Waals surface area contributed by atoms with Crippen molar-refractivity contribution in [1.82, 2.24) is 13.9 Å². The van der Waals surface area contributed by atoms with Gasteiger partial charge in [0.1, 0.15) is 5.92 Å². The topological polar surface area (TPSA) is 81.5 Å². The Hall–Kier alpha value is -1.41. The second kappa shape index (κ2) is 6.15. The van der Waals surface area contributed by atoms with E-state index < -0.39 is 21.9 Å². The molecule has 0 saturated carbocycles. The zero-order chi connectivity index (χ0) is 15.6. The number of ether oxygens (including phenoxy) is 1. The summed E-state index contributed by atoms with van der Waals surface area (Å²) < 4.78 is 32.5. The number of carbonyl (C=O) groups excluding carboxylic acids is 1. The summed E-state index contributed by atoms with van der Waals surface area (Å²) in [5.41, 5.74) is 1.41. The summed E-state index contributed by atoms with van der Waals surface area (Å²) in [6.07, 6.45) is 1.65. The normalized spacial score (nSPS) is 19.3. The average Bonchev–Trinajstić information content (AvgIpc) is 2.89. The first kappa shape index (κ1) is 16.0. The van der Waals surface area contributed by atoms with Gasteiger partial charge in [0, 0.05) is 13.1 Å². The van der Waals surface area contributed by atoms with E-state index >= 15 is 0 Å². The predicted octanol–water partition coefficient (Wildman–Crippen LogP) is 0.715. The first-order chi connectivity index (χ1) is 9.94. The monoisotopic (exact) mass is 315 g/mol. The molecular formula is C13H21N3O4S. The van der Waals surface area contributed by atoms with Crippen LogP contribution in [0, 0.1) is 0 Å². The largest absolute Gasteiger partial charge is 0.465 e. The molecule has 1 aromatic rings. The molecule has 2 heterocycles. The summed E-state index contributed by atoms with van der Waals surface area (Å²) in [7, 11) is -3.37. The number of fused-ring (bicyclic) bond motifs is 1. The van der Waals surface area contributed by atoms with Crippen LogP contribution < -0.4 is 0 Å². The Kier molecular flexibility index (Phi) is 4.67. The number of rotatable bonds is 5. The van der Waals surface area contributed by atoms with Gasteiger partial charge in [-0.05, 0) is 20.8 Å². The van der Waals surface area contributed by atoms with Crippen molar-refractivity contribution < 1.29 is 17.9 Å². The molecule has 7 nitrogen and oxygen atoms in total. The fourth-order valence-electron chi connectivity index (χ4n) is 2.55. The van der Waals surface area contributed by atoms with Crippen LogP contribution in [0.1, 0.15) is 38.1 Å². The molecule has 1 atom stereocenters. The third kappa shape index (κ3) is 2.96. The molecule has 1 unspecified atom stereocenters. The van der Waals surface area contributed by atoms with Gasteiger partial charge < -0.3 is 9.30 Å². The maximum atomic E-state index is 12.2. The van der Waals surface area contributed by atoms with Crippen molar-refractivity contribution in [3.8, 4) is 0 Å². The van der Waals surface area contributed by atoms with Gasteiger partial charge in [-0.25, -0.2) is 13.4 Å². The van der Waals surface area contributed by atoms with Crippen LogP contribution in [-0.4, -0.2) is 47.1 Å². The van der Waals surface area contributed by atoms with Gasteiger partial charge in [0.2, 0.25) is 10.0 Å². The molecule has 0 radical (unpaired) electrons. The van der Waals surface area contributed by atoms with E-state index in [9.17, 15) is 13.2 Å². The van der Waals surface area contributed by atoms with Crippen LogP contribution in [0.15, 0.2) is 6.33 Å². The van der Waals surface area contributed by atoms with Gasteiger partial charge in [-0.15, -0.1) is 0 Å². The average molecular weight is 315 g/mol. The highest BCUT2D eigenvalue weighted by atomic mass is 32.2. The van der Waals surface area contributed by atoms with E-state index in [1.54, 1.807) is 20.2 Å². The van der Waals surface area contributed by atoms with Gasteiger partial charge in [0.05, 0.1) is 36.6 Å². The number of hydrogen-bond acceptors (Lipinski definition) is 5. The van der Waals surface area contributed by atoms with E-state index in [0.717, 1.165) is 5.69 Å². The Bertz CT molecular complexity index is 623. The number of imidazole rings is 1. The summed E-state index contributed by atoms with van der Waals surface area (Å²) in [6, 6.07) is 0. The highest BCUT2D eigenvalue weighted by molar-refractivity contribution is 7.89. The Morgan fingerprint density at radius 1 is 1.43 bits per heavy atom. The smallest absolute Gasteiger partial charge is 0.316 e. The van der Waals surface area contributed by atoms with Crippen LogP contribution in [0.4, 0.5) is 0 Å². The molecule has 2 rings (SSSR count). The summed E-state index contributed by atoms with van der Waals surface area (Å²) in [5, 5.41) is 0. The zero-order valence-electron chi connectivity index (χ0n) is 12.6. The molecule has 21 heavy (non-hydrogen) atoms. The van der Waals surface area contributed by atoms with Crippen LogP contribution in [0.25, 0.3) is 0 Å². The maximum Gasteiger partial charge on any atom is 0.316 e. The number of nitrogens with zero attached hydrogens (tertiary/aromatic N) is 3. The third-order valence-electron chi connectivity index (χ3n) is 3.67. The molecule has 1 aliphatic rings. The van der Waals surface area contributed by atoms with Crippen LogP contribution in [0.3, 0.4) is 0 Å². The second-order valence-electron chi connectivity index (χ2n) is 4.86. The molecule has 0 aromatic carbocycles. The molecule has 0 saturated heterocycles. The van der Waals surface area contributed by atoms with Gasteiger partial charge >= 0.3 is 5.97 Å². The summed E-state index contributed by atoms with van der Waals surface area (Å²) in [5.74, 6) is -1.01. The molecule has 118 valence electrons. The van der Waals surface area contributed by atoms with Crippen LogP contribution in [0.2, 0.25) is 0 Å². The van der Waals surface area contributed by atoms with E-state index in [1.165, 1.54) is 4.31 Å². The number of carbonyl (C=O) groups is 1. The van der Waals surface area contributed by atoms with Crippen molar-refractivity contribution in [2.75, 3.05) is 18.9 Å². The quantitative estimate of drug-likeness (QED) is 0.748. The predicted molar refractivity (Wildman–Crippen MR) is 77.1 cm³/mol. The van der Waals surface area contributed by atoms with Gasteiger partial charge in [-0.2, -0.15) is 4.31 Å². The van der Waals surface area contributed by atoms with E-state index in [0.29, 0.717) is 12.2 Å². The van der Waals surface area contributed by atoms with Gasteiger partial charge in [-0.3, -0.25) is 4.79 Å². The molecule has 0 aliphatic carbocycles. The fourth-order valence-corrected chi connectivity index (χ4v) is 3.61. The highest BCUT2D eigenvalue weighted by Gasteiger charge is 2.38.